The molecule has 1 unspecified atom stereocenters. The van der Waals surface area contributed by atoms with E-state index < -0.39 is 43.2 Å². The Hall–Kier alpha value is -1.37. The van der Waals surface area contributed by atoms with Crippen molar-refractivity contribution >= 4 is 0 Å². The van der Waals surface area contributed by atoms with Crippen LogP contribution in [0.25, 0.3) is 0 Å². The van der Waals surface area contributed by atoms with Crippen molar-refractivity contribution in [3.05, 3.63) is 0 Å². The zero-order valence-corrected chi connectivity index (χ0v) is 9.06. The summed E-state index contributed by atoms with van der Waals surface area (Å²) in [5.41, 5.74) is -2.01. The van der Waals surface area contributed by atoms with Gasteiger partial charge in [-0.05, 0) is 12.3 Å². The predicted octanol–water partition coefficient (Wildman–Crippen LogP) is 3.65. The number of alkyl halides is 5. The molecule has 0 aromatic heterocycles. The van der Waals surface area contributed by atoms with Gasteiger partial charge in [-0.1, -0.05) is 6.92 Å². The van der Waals surface area contributed by atoms with E-state index in [1.165, 1.54) is 19.1 Å². The molecule has 0 radical (unpaired) electrons. The zero-order chi connectivity index (χ0) is 13.7. The van der Waals surface area contributed by atoms with Crippen LogP contribution in [0.3, 0.4) is 0 Å². The Labute approximate surface area is 95.6 Å². The molecule has 0 N–H and O–H groups in total. The van der Waals surface area contributed by atoms with Gasteiger partial charge in [0, 0.05) is 12.8 Å². The van der Waals surface area contributed by atoms with E-state index in [0.29, 0.717) is 0 Å². The second-order valence-electron chi connectivity index (χ2n) is 3.84. The van der Waals surface area contributed by atoms with E-state index >= 15 is 0 Å². The van der Waals surface area contributed by atoms with E-state index in [1.54, 1.807) is 0 Å². The Morgan fingerprint density at radius 1 is 1.06 bits per heavy atom. The van der Waals surface area contributed by atoms with Gasteiger partial charge in [0.2, 0.25) is 6.43 Å². The first kappa shape index (κ1) is 15.6. The topological polar surface area (TPSA) is 47.6 Å². The Balaban J connectivity index is 4.81. The Kier molecular flexibility index (Phi) is 5.34. The van der Waals surface area contributed by atoms with E-state index in [-0.39, 0.29) is 0 Å². The molecule has 0 bridgehead atoms. The summed E-state index contributed by atoms with van der Waals surface area (Å²) in [6.07, 6.45) is -10.1. The smallest absolute Gasteiger partial charge is 0.211 e. The summed E-state index contributed by atoms with van der Waals surface area (Å²) in [6.45, 7) is 1.19. The lowest BCUT2D eigenvalue weighted by atomic mass is 9.74. The average molecular weight is 254 g/mol. The summed E-state index contributed by atoms with van der Waals surface area (Å²) in [5.74, 6) is -1.11. The summed E-state index contributed by atoms with van der Waals surface area (Å²) in [5, 5.41) is 17.5. The van der Waals surface area contributed by atoms with Gasteiger partial charge < -0.3 is 0 Å². The summed E-state index contributed by atoms with van der Waals surface area (Å²) in [4.78, 5) is 0. The van der Waals surface area contributed by atoms with E-state index in [1.807, 2.05) is 0 Å². The van der Waals surface area contributed by atoms with E-state index in [0.717, 1.165) is 0 Å². The molecule has 0 aromatic rings. The number of halogens is 5. The lowest BCUT2D eigenvalue weighted by molar-refractivity contribution is -0.139. The van der Waals surface area contributed by atoms with Gasteiger partial charge in [-0.3, -0.25) is 0 Å². The third-order valence-electron chi connectivity index (χ3n) is 2.57. The van der Waals surface area contributed by atoms with Crippen LogP contribution >= 0.6 is 0 Å². The number of rotatable bonds is 5. The fraction of sp³-hybridized carbons (Fsp3) is 0.800. The van der Waals surface area contributed by atoms with E-state index in [2.05, 4.69) is 0 Å². The summed E-state index contributed by atoms with van der Waals surface area (Å²) in [7, 11) is 0. The van der Waals surface area contributed by atoms with Crippen LogP contribution in [0, 0.1) is 34.0 Å². The molecular formula is C10H11F5N2. The molecule has 1 atom stereocenters. The lowest BCUT2D eigenvalue weighted by Crippen LogP contribution is -2.29. The monoisotopic (exact) mass is 254 g/mol. The number of nitriles is 2. The van der Waals surface area contributed by atoms with Gasteiger partial charge >= 0.3 is 6.18 Å². The van der Waals surface area contributed by atoms with E-state index in [9.17, 15) is 22.0 Å². The maximum atomic E-state index is 12.1. The molecule has 17 heavy (non-hydrogen) atoms. The molecule has 2 nitrogen and oxygen atoms in total. The quantitative estimate of drug-likeness (QED) is 0.703. The van der Waals surface area contributed by atoms with Crippen molar-refractivity contribution in [3.8, 4) is 12.1 Å². The van der Waals surface area contributed by atoms with Crippen LogP contribution in [0.15, 0.2) is 0 Å². The highest BCUT2D eigenvalue weighted by atomic mass is 19.4. The van der Waals surface area contributed by atoms with Crippen molar-refractivity contribution in [1.29, 1.82) is 10.5 Å². The first-order chi connectivity index (χ1) is 7.67. The molecule has 0 aliphatic rings. The second kappa shape index (κ2) is 5.81. The standard InChI is InChI=1S/C10H11F5N2/c1-7(4-8(11)12)9(5-16,6-17)2-3-10(13,14)15/h7-8H,2-4H2,1H3. The maximum absolute atomic E-state index is 12.1. The van der Waals surface area contributed by atoms with Crippen LogP contribution < -0.4 is 0 Å². The van der Waals surface area contributed by atoms with Gasteiger partial charge in [0.05, 0.1) is 12.1 Å². The third-order valence-corrected chi connectivity index (χ3v) is 2.57. The molecular weight excluding hydrogens is 243 g/mol. The normalized spacial score (nSPS) is 14.2. The van der Waals surface area contributed by atoms with Gasteiger partial charge in [-0.15, -0.1) is 0 Å². The Morgan fingerprint density at radius 2 is 1.53 bits per heavy atom. The van der Waals surface area contributed by atoms with Crippen molar-refractivity contribution in [3.63, 3.8) is 0 Å². The fourth-order valence-electron chi connectivity index (χ4n) is 1.41. The minimum Gasteiger partial charge on any atom is -0.211 e. The van der Waals surface area contributed by atoms with E-state index in [4.69, 9.17) is 10.5 Å². The molecule has 0 saturated carbocycles. The van der Waals surface area contributed by atoms with Gasteiger partial charge in [-0.25, -0.2) is 8.78 Å². The molecule has 0 fully saturated rings. The van der Waals surface area contributed by atoms with Crippen molar-refractivity contribution < 1.29 is 22.0 Å². The minimum absolute atomic E-state index is 0.765. The maximum Gasteiger partial charge on any atom is 0.389 e. The third kappa shape index (κ3) is 4.99. The van der Waals surface area contributed by atoms with Crippen LogP contribution in [-0.2, 0) is 0 Å². The predicted molar refractivity (Wildman–Crippen MR) is 48.7 cm³/mol. The molecule has 0 spiro atoms. The fourth-order valence-corrected chi connectivity index (χ4v) is 1.41. The van der Waals surface area contributed by atoms with Crippen molar-refractivity contribution in [2.75, 3.05) is 0 Å². The van der Waals surface area contributed by atoms with Gasteiger partial charge in [0.15, 0.2) is 0 Å². The highest BCUT2D eigenvalue weighted by Gasteiger charge is 2.41. The Bertz CT molecular complexity index is 309. The van der Waals surface area contributed by atoms with Gasteiger partial charge in [0.1, 0.15) is 5.41 Å². The lowest BCUT2D eigenvalue weighted by Gasteiger charge is -2.26. The van der Waals surface area contributed by atoms with Crippen LogP contribution in [0.4, 0.5) is 22.0 Å². The van der Waals surface area contributed by atoms with Crippen LogP contribution in [-0.4, -0.2) is 12.6 Å². The summed E-state index contributed by atoms with van der Waals surface area (Å²) in [6, 6.07) is 2.90. The number of hydrogen-bond acceptors (Lipinski definition) is 2. The molecule has 0 heterocycles. The van der Waals surface area contributed by atoms with Crippen molar-refractivity contribution in [1.82, 2.24) is 0 Å². The van der Waals surface area contributed by atoms with Crippen LogP contribution in [0.1, 0.15) is 26.2 Å². The largest absolute Gasteiger partial charge is 0.389 e. The molecule has 0 rings (SSSR count). The number of nitrogens with zero attached hydrogens (tertiary/aromatic N) is 2. The van der Waals surface area contributed by atoms with Gasteiger partial charge in [0.25, 0.3) is 0 Å². The average Bonchev–Trinajstić information content (AvgIpc) is 2.17. The molecule has 0 amide bonds. The molecule has 7 heteroatoms. The molecule has 96 valence electrons. The number of hydrogen-bond donors (Lipinski definition) is 0. The Morgan fingerprint density at radius 3 is 1.82 bits per heavy atom. The SMILES string of the molecule is CC(CC(F)F)C(C#N)(C#N)CCC(F)(F)F. The summed E-state index contributed by atoms with van der Waals surface area (Å²) >= 11 is 0. The zero-order valence-electron chi connectivity index (χ0n) is 9.06. The second-order valence-corrected chi connectivity index (χ2v) is 3.84. The van der Waals surface area contributed by atoms with Crippen molar-refractivity contribution in [2.24, 2.45) is 11.3 Å². The highest BCUT2D eigenvalue weighted by molar-refractivity contribution is 5.15. The minimum atomic E-state index is -4.51. The van der Waals surface area contributed by atoms with Crippen LogP contribution in [0.2, 0.25) is 0 Å². The first-order valence-electron chi connectivity index (χ1n) is 4.84. The molecule has 0 aromatic carbocycles. The first-order valence-corrected chi connectivity index (χ1v) is 4.84. The van der Waals surface area contributed by atoms with Crippen LogP contribution in [0.5, 0.6) is 0 Å². The van der Waals surface area contributed by atoms with Crippen molar-refractivity contribution in [2.45, 2.75) is 38.8 Å². The summed E-state index contributed by atoms with van der Waals surface area (Å²) < 4.78 is 60.3. The highest BCUT2D eigenvalue weighted by Crippen LogP contribution is 2.38. The van der Waals surface area contributed by atoms with Gasteiger partial charge in [-0.2, -0.15) is 23.7 Å². The molecule has 0 aliphatic carbocycles. The molecule has 0 saturated heterocycles. The molecule has 0 aliphatic heterocycles.